The molecule has 7 heteroatoms. The van der Waals surface area contributed by atoms with Crippen LogP contribution in [0.1, 0.15) is 21.9 Å². The van der Waals surface area contributed by atoms with E-state index in [0.29, 0.717) is 18.0 Å². The molecular weight excluding hydrogens is 276 g/mol. The van der Waals surface area contributed by atoms with Crippen molar-refractivity contribution < 1.29 is 9.59 Å². The lowest BCUT2D eigenvalue weighted by Crippen LogP contribution is -2.31. The molecule has 0 aromatic carbocycles. The zero-order chi connectivity index (χ0) is 14.4. The van der Waals surface area contributed by atoms with Crippen LogP contribution < -0.4 is 5.32 Å². The highest BCUT2D eigenvalue weighted by Crippen LogP contribution is 2.07. The van der Waals surface area contributed by atoms with Gasteiger partial charge in [0.1, 0.15) is 5.82 Å². The second kappa shape index (κ2) is 6.85. The molecule has 6 nitrogen and oxygen atoms in total. The largest absolute Gasteiger partial charge is 0.351 e. The summed E-state index contributed by atoms with van der Waals surface area (Å²) in [6.07, 6.45) is 3.64. The molecule has 0 fully saturated rings. The fraction of sp³-hybridized carbons (Fsp3) is 0.308. The molecular formula is C13H16N4O2S. The molecule has 2 rings (SSSR count). The van der Waals surface area contributed by atoms with Crippen LogP contribution in [0.5, 0.6) is 0 Å². The first-order valence-electron chi connectivity index (χ1n) is 6.20. The minimum absolute atomic E-state index is 0.0344. The molecule has 2 aromatic rings. The fourth-order valence-electron chi connectivity index (χ4n) is 1.67. The molecule has 2 N–H and O–H groups in total. The van der Waals surface area contributed by atoms with E-state index in [1.165, 1.54) is 11.3 Å². The van der Waals surface area contributed by atoms with E-state index in [1.54, 1.807) is 30.4 Å². The Hall–Kier alpha value is -2.15. The Bertz CT molecular complexity index is 551. The normalized spacial score (nSPS) is 10.2. The zero-order valence-corrected chi connectivity index (χ0v) is 11.9. The molecule has 0 radical (unpaired) electrons. The maximum absolute atomic E-state index is 11.9. The molecule has 2 heterocycles. The van der Waals surface area contributed by atoms with Crippen LogP contribution in [-0.4, -0.2) is 40.3 Å². The Labute approximate surface area is 120 Å². The number of carbonyl (C=O) groups is 2. The molecule has 0 spiro atoms. The van der Waals surface area contributed by atoms with Gasteiger partial charge in [-0.3, -0.25) is 9.59 Å². The van der Waals surface area contributed by atoms with E-state index in [4.69, 9.17) is 0 Å². The Morgan fingerprint density at radius 1 is 1.50 bits per heavy atom. The number of imidazole rings is 1. The standard InChI is InChI=1S/C13H16N4O2S/c1-17(9-11-14-6-7-15-11)12(18)4-5-16-13(19)10-3-2-8-20-10/h2-3,6-8H,4-5,9H2,1H3,(H,14,15)(H,16,19). The number of aromatic nitrogens is 2. The lowest BCUT2D eigenvalue weighted by Gasteiger charge is -2.15. The molecule has 0 bridgehead atoms. The summed E-state index contributed by atoms with van der Waals surface area (Å²) in [4.78, 5) is 32.8. The lowest BCUT2D eigenvalue weighted by atomic mass is 10.3. The maximum Gasteiger partial charge on any atom is 0.261 e. The SMILES string of the molecule is CN(Cc1ncc[nH]1)C(=O)CCNC(=O)c1cccs1. The van der Waals surface area contributed by atoms with Crippen LogP contribution in [-0.2, 0) is 11.3 Å². The number of nitrogens with one attached hydrogen (secondary N) is 2. The van der Waals surface area contributed by atoms with E-state index in [2.05, 4.69) is 15.3 Å². The number of H-pyrrole nitrogens is 1. The molecule has 0 unspecified atom stereocenters. The van der Waals surface area contributed by atoms with Gasteiger partial charge in [0, 0.05) is 32.4 Å². The van der Waals surface area contributed by atoms with Crippen molar-refractivity contribution in [1.82, 2.24) is 20.2 Å². The minimum Gasteiger partial charge on any atom is -0.351 e. The third-order valence-corrected chi connectivity index (χ3v) is 3.61. The van der Waals surface area contributed by atoms with Gasteiger partial charge < -0.3 is 15.2 Å². The topological polar surface area (TPSA) is 78.1 Å². The monoisotopic (exact) mass is 292 g/mol. The van der Waals surface area contributed by atoms with Crippen LogP contribution in [0, 0.1) is 0 Å². The summed E-state index contributed by atoms with van der Waals surface area (Å²) in [5.74, 6) is 0.567. The number of rotatable bonds is 6. The van der Waals surface area contributed by atoms with Crippen molar-refractivity contribution in [1.29, 1.82) is 0 Å². The maximum atomic E-state index is 11.9. The van der Waals surface area contributed by atoms with Crippen LogP contribution >= 0.6 is 11.3 Å². The summed E-state index contributed by atoms with van der Waals surface area (Å²) in [5.41, 5.74) is 0. The Morgan fingerprint density at radius 3 is 3.00 bits per heavy atom. The van der Waals surface area contributed by atoms with Crippen molar-refractivity contribution >= 4 is 23.2 Å². The number of thiophene rings is 1. The smallest absolute Gasteiger partial charge is 0.261 e. The Kier molecular flexibility index (Phi) is 4.89. The molecule has 106 valence electrons. The summed E-state index contributed by atoms with van der Waals surface area (Å²) >= 11 is 1.38. The van der Waals surface area contributed by atoms with Crippen LogP contribution in [0.3, 0.4) is 0 Å². The first kappa shape index (κ1) is 14.3. The van der Waals surface area contributed by atoms with Crippen molar-refractivity contribution in [3.63, 3.8) is 0 Å². The average Bonchev–Trinajstić information content (AvgIpc) is 3.11. The van der Waals surface area contributed by atoms with Crippen molar-refractivity contribution in [2.75, 3.05) is 13.6 Å². The molecule has 2 amide bonds. The first-order chi connectivity index (χ1) is 9.66. The predicted octanol–water partition coefficient (Wildman–Crippen LogP) is 1.25. The predicted molar refractivity (Wildman–Crippen MR) is 76.3 cm³/mol. The summed E-state index contributed by atoms with van der Waals surface area (Å²) in [6, 6.07) is 3.58. The van der Waals surface area contributed by atoms with E-state index in [-0.39, 0.29) is 18.2 Å². The van der Waals surface area contributed by atoms with Crippen LogP contribution in [0.25, 0.3) is 0 Å². The van der Waals surface area contributed by atoms with Gasteiger partial charge in [0.2, 0.25) is 5.91 Å². The Balaban J connectivity index is 1.71. The van der Waals surface area contributed by atoms with E-state index in [0.717, 1.165) is 5.82 Å². The number of aromatic amines is 1. The quantitative estimate of drug-likeness (QED) is 0.841. The second-order valence-corrected chi connectivity index (χ2v) is 5.22. The van der Waals surface area contributed by atoms with E-state index < -0.39 is 0 Å². The molecule has 0 aliphatic carbocycles. The molecule has 0 aliphatic rings. The number of nitrogens with zero attached hydrogens (tertiary/aromatic N) is 2. The van der Waals surface area contributed by atoms with Gasteiger partial charge >= 0.3 is 0 Å². The number of hydrogen-bond acceptors (Lipinski definition) is 4. The van der Waals surface area contributed by atoms with Gasteiger partial charge in [0.05, 0.1) is 11.4 Å². The van der Waals surface area contributed by atoms with Crippen LogP contribution in [0.2, 0.25) is 0 Å². The second-order valence-electron chi connectivity index (χ2n) is 4.27. The van der Waals surface area contributed by atoms with Crippen LogP contribution in [0.15, 0.2) is 29.9 Å². The van der Waals surface area contributed by atoms with Gasteiger partial charge in [-0.1, -0.05) is 6.07 Å². The van der Waals surface area contributed by atoms with Gasteiger partial charge in [0.15, 0.2) is 0 Å². The van der Waals surface area contributed by atoms with E-state index >= 15 is 0 Å². The van der Waals surface area contributed by atoms with Crippen molar-refractivity contribution in [3.8, 4) is 0 Å². The summed E-state index contributed by atoms with van der Waals surface area (Å²) in [5, 5.41) is 4.57. The van der Waals surface area contributed by atoms with Crippen LogP contribution in [0.4, 0.5) is 0 Å². The van der Waals surface area contributed by atoms with Crippen molar-refractivity contribution in [2.45, 2.75) is 13.0 Å². The lowest BCUT2D eigenvalue weighted by molar-refractivity contribution is -0.130. The summed E-state index contributed by atoms with van der Waals surface area (Å²) in [6.45, 7) is 0.767. The average molecular weight is 292 g/mol. The number of amides is 2. The third kappa shape index (κ3) is 3.92. The minimum atomic E-state index is -0.138. The van der Waals surface area contributed by atoms with Gasteiger partial charge in [-0.15, -0.1) is 11.3 Å². The molecule has 0 aliphatic heterocycles. The molecule has 0 saturated carbocycles. The van der Waals surface area contributed by atoms with Crippen molar-refractivity contribution in [3.05, 3.63) is 40.6 Å². The number of carbonyl (C=O) groups excluding carboxylic acids is 2. The van der Waals surface area contributed by atoms with Crippen molar-refractivity contribution in [2.24, 2.45) is 0 Å². The number of hydrogen-bond donors (Lipinski definition) is 2. The highest BCUT2D eigenvalue weighted by atomic mass is 32.1. The third-order valence-electron chi connectivity index (χ3n) is 2.74. The highest BCUT2D eigenvalue weighted by Gasteiger charge is 2.11. The first-order valence-corrected chi connectivity index (χ1v) is 7.08. The molecule has 2 aromatic heterocycles. The molecule has 0 saturated heterocycles. The van der Waals surface area contributed by atoms with Gasteiger partial charge in [-0.05, 0) is 11.4 Å². The van der Waals surface area contributed by atoms with Gasteiger partial charge in [0.25, 0.3) is 5.91 Å². The fourth-order valence-corrected chi connectivity index (χ4v) is 2.31. The van der Waals surface area contributed by atoms with E-state index in [1.807, 2.05) is 11.4 Å². The van der Waals surface area contributed by atoms with Gasteiger partial charge in [-0.2, -0.15) is 0 Å². The summed E-state index contributed by atoms with van der Waals surface area (Å²) < 4.78 is 0. The van der Waals surface area contributed by atoms with E-state index in [9.17, 15) is 9.59 Å². The molecule has 0 atom stereocenters. The van der Waals surface area contributed by atoms with Gasteiger partial charge in [-0.25, -0.2) is 4.98 Å². The zero-order valence-electron chi connectivity index (χ0n) is 11.1. The molecule has 20 heavy (non-hydrogen) atoms. The highest BCUT2D eigenvalue weighted by molar-refractivity contribution is 7.12. The summed E-state index contributed by atoms with van der Waals surface area (Å²) in [7, 11) is 1.71. The Morgan fingerprint density at radius 2 is 2.35 bits per heavy atom.